The predicted octanol–water partition coefficient (Wildman–Crippen LogP) is 4.11. The highest BCUT2D eigenvalue weighted by Gasteiger charge is 2.15. The monoisotopic (exact) mass is 347 g/mol. The van der Waals surface area contributed by atoms with Crippen molar-refractivity contribution < 1.29 is 4.74 Å². The van der Waals surface area contributed by atoms with E-state index in [1.54, 1.807) is 0 Å². The molecule has 0 saturated heterocycles. The maximum Gasteiger partial charge on any atom is 0.122 e. The number of nitrogens with zero attached hydrogens (tertiary/aromatic N) is 2. The second-order valence-electron chi connectivity index (χ2n) is 6.86. The van der Waals surface area contributed by atoms with Gasteiger partial charge in [0.25, 0.3) is 0 Å². The quantitative estimate of drug-likeness (QED) is 0.699. The molecular formula is C22H25N3O. The van der Waals surface area contributed by atoms with E-state index < -0.39 is 0 Å². The topological polar surface area (TPSA) is 39.1 Å². The molecule has 1 N–H and O–H groups in total. The Morgan fingerprint density at radius 3 is 2.77 bits per heavy atom. The summed E-state index contributed by atoms with van der Waals surface area (Å²) in [5.41, 5.74) is 5.29. The molecule has 134 valence electrons. The number of hydrogen-bond acceptors (Lipinski definition) is 3. The molecule has 4 nitrogen and oxygen atoms in total. The van der Waals surface area contributed by atoms with Gasteiger partial charge < -0.3 is 14.6 Å². The fraction of sp³-hybridized carbons (Fsp3) is 0.318. The van der Waals surface area contributed by atoms with Crippen LogP contribution in [0.2, 0.25) is 0 Å². The fourth-order valence-electron chi connectivity index (χ4n) is 3.52. The molecule has 0 bridgehead atoms. The summed E-state index contributed by atoms with van der Waals surface area (Å²) in [6.07, 6.45) is 7.75. The fourth-order valence-corrected chi connectivity index (χ4v) is 3.52. The number of imidazole rings is 1. The molecular weight excluding hydrogens is 322 g/mol. The first-order chi connectivity index (χ1) is 12.8. The van der Waals surface area contributed by atoms with Crippen molar-refractivity contribution in [2.24, 2.45) is 0 Å². The molecule has 1 aliphatic heterocycles. The molecule has 1 aliphatic rings. The van der Waals surface area contributed by atoms with Gasteiger partial charge in [-0.05, 0) is 34.7 Å². The van der Waals surface area contributed by atoms with Gasteiger partial charge in [0, 0.05) is 37.9 Å². The first-order valence-corrected chi connectivity index (χ1v) is 9.34. The molecule has 0 saturated carbocycles. The van der Waals surface area contributed by atoms with Gasteiger partial charge in [0.1, 0.15) is 5.75 Å². The number of hydrogen-bond donors (Lipinski definition) is 1. The minimum Gasteiger partial charge on any atom is -0.493 e. The maximum absolute atomic E-state index is 5.62. The first kappa shape index (κ1) is 16.9. The van der Waals surface area contributed by atoms with Crippen LogP contribution in [0.5, 0.6) is 5.75 Å². The van der Waals surface area contributed by atoms with Crippen molar-refractivity contribution >= 4 is 0 Å². The van der Waals surface area contributed by atoms with Gasteiger partial charge in [-0.25, -0.2) is 4.98 Å². The molecule has 2 heterocycles. The Hall–Kier alpha value is -2.59. The molecule has 4 heteroatoms. The normalized spacial score (nSPS) is 14.0. The third-order valence-electron chi connectivity index (χ3n) is 5.02. The van der Waals surface area contributed by atoms with Crippen molar-refractivity contribution in [3.05, 3.63) is 83.4 Å². The highest BCUT2D eigenvalue weighted by molar-refractivity contribution is 5.40. The lowest BCUT2D eigenvalue weighted by atomic mass is 10.0. The number of nitrogens with one attached hydrogen (secondary N) is 1. The van der Waals surface area contributed by atoms with E-state index in [-0.39, 0.29) is 0 Å². The largest absolute Gasteiger partial charge is 0.493 e. The summed E-state index contributed by atoms with van der Waals surface area (Å²) >= 11 is 0. The third-order valence-corrected chi connectivity index (χ3v) is 5.02. The van der Waals surface area contributed by atoms with E-state index in [4.69, 9.17) is 4.74 Å². The van der Waals surface area contributed by atoms with E-state index >= 15 is 0 Å². The van der Waals surface area contributed by atoms with Crippen LogP contribution in [0.15, 0.2) is 61.2 Å². The van der Waals surface area contributed by atoms with E-state index in [2.05, 4.69) is 64.3 Å². The summed E-state index contributed by atoms with van der Waals surface area (Å²) in [6.45, 7) is 4.78. The predicted molar refractivity (Wildman–Crippen MR) is 103 cm³/mol. The van der Waals surface area contributed by atoms with Crippen molar-refractivity contribution in [3.63, 3.8) is 0 Å². The lowest BCUT2D eigenvalue weighted by molar-refractivity contribution is 0.356. The average molecular weight is 347 g/mol. The Balaban J connectivity index is 1.37. The van der Waals surface area contributed by atoms with Crippen LogP contribution in [0, 0.1) is 0 Å². The number of ether oxygens (including phenoxy) is 1. The Bertz CT molecular complexity index is 840. The Morgan fingerprint density at radius 2 is 2.00 bits per heavy atom. The van der Waals surface area contributed by atoms with E-state index in [0.717, 1.165) is 38.3 Å². The van der Waals surface area contributed by atoms with E-state index in [1.165, 1.54) is 22.3 Å². The zero-order chi connectivity index (χ0) is 17.8. The van der Waals surface area contributed by atoms with Crippen LogP contribution < -0.4 is 10.1 Å². The molecule has 2 aromatic carbocycles. The zero-order valence-electron chi connectivity index (χ0n) is 15.2. The van der Waals surface area contributed by atoms with E-state index in [0.29, 0.717) is 6.04 Å². The molecule has 0 unspecified atom stereocenters. The van der Waals surface area contributed by atoms with Crippen molar-refractivity contribution in [3.8, 4) is 5.75 Å². The Labute approximate surface area is 154 Å². The molecule has 0 spiro atoms. The van der Waals surface area contributed by atoms with Crippen LogP contribution in [0.3, 0.4) is 0 Å². The molecule has 0 amide bonds. The maximum atomic E-state index is 5.62. The summed E-state index contributed by atoms with van der Waals surface area (Å²) in [5.74, 6) is 1.05. The Morgan fingerprint density at radius 1 is 1.15 bits per heavy atom. The number of aromatic nitrogens is 2. The minimum atomic E-state index is 0.367. The standard InChI is InChI=1S/C22H25N3O/c1-2-21(19-7-8-22-20(13-19)9-12-26-22)24-14-17-3-5-18(6-4-17)15-25-11-10-23-16-25/h3-8,10-11,13,16,21,24H,2,9,12,14-15H2,1H3/t21-/m1/s1. The van der Waals surface area contributed by atoms with Crippen LogP contribution in [0.4, 0.5) is 0 Å². The number of fused-ring (bicyclic) bond motifs is 1. The summed E-state index contributed by atoms with van der Waals surface area (Å²) in [4.78, 5) is 4.09. The average Bonchev–Trinajstić information content (AvgIpc) is 3.35. The first-order valence-electron chi connectivity index (χ1n) is 9.34. The van der Waals surface area contributed by atoms with Crippen LogP contribution in [0.25, 0.3) is 0 Å². The van der Waals surface area contributed by atoms with Crippen LogP contribution in [0.1, 0.15) is 41.6 Å². The van der Waals surface area contributed by atoms with Gasteiger partial charge in [-0.15, -0.1) is 0 Å². The van der Waals surface area contributed by atoms with Gasteiger partial charge in [-0.2, -0.15) is 0 Å². The molecule has 3 aromatic rings. The molecule has 0 aliphatic carbocycles. The zero-order valence-corrected chi connectivity index (χ0v) is 15.2. The number of benzene rings is 2. The second-order valence-corrected chi connectivity index (χ2v) is 6.86. The lowest BCUT2D eigenvalue weighted by Crippen LogP contribution is -2.20. The van der Waals surface area contributed by atoms with Gasteiger partial charge in [-0.1, -0.05) is 43.3 Å². The van der Waals surface area contributed by atoms with Gasteiger partial charge >= 0.3 is 0 Å². The van der Waals surface area contributed by atoms with Crippen molar-refractivity contribution in [1.29, 1.82) is 0 Å². The van der Waals surface area contributed by atoms with Crippen molar-refractivity contribution in [1.82, 2.24) is 14.9 Å². The lowest BCUT2D eigenvalue weighted by Gasteiger charge is -2.18. The third kappa shape index (κ3) is 3.81. The van der Waals surface area contributed by atoms with Crippen LogP contribution in [-0.2, 0) is 19.5 Å². The van der Waals surface area contributed by atoms with Gasteiger partial charge in [0.15, 0.2) is 0 Å². The molecule has 0 fully saturated rings. The van der Waals surface area contributed by atoms with Gasteiger partial charge in [-0.3, -0.25) is 0 Å². The van der Waals surface area contributed by atoms with Crippen molar-refractivity contribution in [2.45, 2.75) is 38.9 Å². The highest BCUT2D eigenvalue weighted by atomic mass is 16.5. The molecule has 4 rings (SSSR count). The van der Waals surface area contributed by atoms with Crippen molar-refractivity contribution in [2.75, 3.05) is 6.61 Å². The SMILES string of the molecule is CC[C@@H](NCc1ccc(Cn2ccnc2)cc1)c1ccc2c(c1)CCO2. The van der Waals surface area contributed by atoms with E-state index in [9.17, 15) is 0 Å². The second kappa shape index (κ2) is 7.75. The van der Waals surface area contributed by atoms with Gasteiger partial charge in [0.2, 0.25) is 0 Å². The molecule has 1 aromatic heterocycles. The van der Waals surface area contributed by atoms with Gasteiger partial charge in [0.05, 0.1) is 12.9 Å². The van der Waals surface area contributed by atoms with E-state index in [1.807, 2.05) is 18.7 Å². The molecule has 0 radical (unpaired) electrons. The van der Waals surface area contributed by atoms with Crippen LogP contribution >= 0.6 is 0 Å². The summed E-state index contributed by atoms with van der Waals surface area (Å²) in [6, 6.07) is 15.8. The summed E-state index contributed by atoms with van der Waals surface area (Å²) < 4.78 is 7.70. The summed E-state index contributed by atoms with van der Waals surface area (Å²) in [7, 11) is 0. The smallest absolute Gasteiger partial charge is 0.122 e. The minimum absolute atomic E-state index is 0.367. The Kier molecular flexibility index (Phi) is 5.02. The molecule has 26 heavy (non-hydrogen) atoms. The highest BCUT2D eigenvalue weighted by Crippen LogP contribution is 2.29. The van der Waals surface area contributed by atoms with Crippen LogP contribution in [-0.4, -0.2) is 16.2 Å². The molecule has 1 atom stereocenters. The summed E-state index contributed by atoms with van der Waals surface area (Å²) in [5, 5.41) is 3.70. The number of rotatable bonds is 7.